The lowest BCUT2D eigenvalue weighted by Crippen LogP contribution is -2.47. The van der Waals surface area contributed by atoms with Gasteiger partial charge < -0.3 is 35.4 Å². The number of anilines is 1. The summed E-state index contributed by atoms with van der Waals surface area (Å²) >= 11 is 0. The summed E-state index contributed by atoms with van der Waals surface area (Å²) in [6.07, 6.45) is 2.91. The zero-order valence-corrected chi connectivity index (χ0v) is 21.5. The van der Waals surface area contributed by atoms with Gasteiger partial charge in [0, 0.05) is 55.8 Å². The predicted octanol–water partition coefficient (Wildman–Crippen LogP) is 2.19. The van der Waals surface area contributed by atoms with Gasteiger partial charge in [0.15, 0.2) is 17.3 Å². The van der Waals surface area contributed by atoms with Gasteiger partial charge in [-0.3, -0.25) is 9.59 Å². The molecule has 0 aliphatic carbocycles. The number of carbonyl (C=O) groups is 2. The molecule has 0 radical (unpaired) electrons. The van der Waals surface area contributed by atoms with E-state index in [0.29, 0.717) is 36.0 Å². The Morgan fingerprint density at radius 1 is 1.03 bits per heavy atom. The van der Waals surface area contributed by atoms with Crippen LogP contribution in [0.5, 0.6) is 17.2 Å². The van der Waals surface area contributed by atoms with Gasteiger partial charge in [0.2, 0.25) is 0 Å². The molecule has 2 aromatic carbocycles. The van der Waals surface area contributed by atoms with E-state index in [9.17, 15) is 14.7 Å². The number of hydrogen-bond donors (Lipinski definition) is 3. The number of benzene rings is 2. The van der Waals surface area contributed by atoms with Gasteiger partial charge in [-0.15, -0.1) is 0 Å². The topological polar surface area (TPSA) is 143 Å². The normalized spacial score (nSPS) is 14.2. The molecule has 1 saturated heterocycles. The molecular weight excluding hydrogens is 488 g/mol. The van der Waals surface area contributed by atoms with Crippen LogP contribution in [0.2, 0.25) is 0 Å². The van der Waals surface area contributed by atoms with Gasteiger partial charge in [-0.1, -0.05) is 0 Å². The van der Waals surface area contributed by atoms with Crippen LogP contribution < -0.4 is 20.5 Å². The van der Waals surface area contributed by atoms with Crippen molar-refractivity contribution in [2.75, 3.05) is 52.8 Å². The van der Waals surface area contributed by atoms with Gasteiger partial charge in [-0.2, -0.15) is 0 Å². The Labute approximate surface area is 220 Å². The fraction of sp³-hybridized carbons (Fsp3) is 0.259. The largest absolute Gasteiger partial charge is 0.507 e. The molecule has 0 bridgehead atoms. The fourth-order valence-corrected chi connectivity index (χ4v) is 3.98. The molecule has 0 unspecified atom stereocenters. The van der Waals surface area contributed by atoms with Crippen molar-refractivity contribution in [1.82, 2.24) is 19.8 Å². The first kappa shape index (κ1) is 26.4. The van der Waals surface area contributed by atoms with Gasteiger partial charge in [0.25, 0.3) is 11.8 Å². The number of hydrogen-bond acceptors (Lipinski definition) is 9. The molecule has 0 atom stereocenters. The first-order valence-electron chi connectivity index (χ1n) is 11.9. The molecule has 1 aliphatic rings. The van der Waals surface area contributed by atoms with Crippen LogP contribution in [0.3, 0.4) is 0 Å². The lowest BCUT2D eigenvalue weighted by atomic mass is 10.1. The van der Waals surface area contributed by atoms with E-state index >= 15 is 0 Å². The van der Waals surface area contributed by atoms with Crippen molar-refractivity contribution in [3.8, 4) is 28.5 Å². The minimum absolute atomic E-state index is 0.133. The Hall–Kier alpha value is -4.64. The minimum Gasteiger partial charge on any atom is -0.507 e. The fourth-order valence-electron chi connectivity index (χ4n) is 3.98. The molecule has 3 aromatic rings. The lowest BCUT2D eigenvalue weighted by molar-refractivity contribution is -0.112. The Morgan fingerprint density at radius 2 is 1.76 bits per heavy atom. The number of nitrogens with one attached hydrogen (secondary N) is 1. The molecule has 1 aromatic heterocycles. The molecular formula is C27H30N6O5. The average molecular weight is 519 g/mol. The Morgan fingerprint density at radius 3 is 2.45 bits per heavy atom. The molecule has 2 amide bonds. The van der Waals surface area contributed by atoms with Gasteiger partial charge in [-0.25, -0.2) is 9.97 Å². The van der Waals surface area contributed by atoms with Crippen molar-refractivity contribution in [1.29, 1.82) is 0 Å². The number of nitrogens with two attached hydrogens (primary N) is 1. The molecule has 11 heteroatoms. The summed E-state index contributed by atoms with van der Waals surface area (Å²) in [5.41, 5.74) is 7.71. The van der Waals surface area contributed by atoms with E-state index in [4.69, 9.17) is 15.2 Å². The van der Waals surface area contributed by atoms with Crippen molar-refractivity contribution in [3.05, 3.63) is 65.7 Å². The summed E-state index contributed by atoms with van der Waals surface area (Å²) in [7, 11) is 5.11. The monoisotopic (exact) mass is 518 g/mol. The summed E-state index contributed by atoms with van der Waals surface area (Å²) in [5, 5.41) is 13.1. The number of piperazine rings is 1. The van der Waals surface area contributed by atoms with Crippen molar-refractivity contribution >= 4 is 23.6 Å². The van der Waals surface area contributed by atoms with Crippen LogP contribution in [0.1, 0.15) is 16.2 Å². The van der Waals surface area contributed by atoms with Crippen molar-refractivity contribution in [2.24, 2.45) is 5.73 Å². The van der Waals surface area contributed by atoms with Crippen LogP contribution in [0.15, 0.2) is 54.4 Å². The SMILES string of the molecule is COc1ccc(-c2ccnc(/C=C(\N)C(=O)Nc3ccc(C(=O)N4CCN(C)CC4)c(O)c3)n2)cc1OC. The number of amides is 2. The van der Waals surface area contributed by atoms with Crippen molar-refractivity contribution < 1.29 is 24.2 Å². The van der Waals surface area contributed by atoms with E-state index in [1.54, 1.807) is 49.6 Å². The maximum absolute atomic E-state index is 12.8. The average Bonchev–Trinajstić information content (AvgIpc) is 2.93. The van der Waals surface area contributed by atoms with E-state index < -0.39 is 5.91 Å². The Bertz CT molecular complexity index is 1370. The van der Waals surface area contributed by atoms with Gasteiger partial charge in [0.05, 0.1) is 25.5 Å². The smallest absolute Gasteiger partial charge is 0.271 e. The van der Waals surface area contributed by atoms with Crippen LogP contribution in [0.25, 0.3) is 17.3 Å². The van der Waals surface area contributed by atoms with Gasteiger partial charge in [0.1, 0.15) is 11.4 Å². The first-order chi connectivity index (χ1) is 18.3. The number of phenols is 1. The highest BCUT2D eigenvalue weighted by Crippen LogP contribution is 2.31. The van der Waals surface area contributed by atoms with E-state index in [2.05, 4.69) is 20.2 Å². The molecule has 11 nitrogen and oxygen atoms in total. The Balaban J connectivity index is 1.45. The number of aromatic nitrogens is 2. The minimum atomic E-state index is -0.609. The van der Waals surface area contributed by atoms with Gasteiger partial charge in [-0.05, 0) is 43.4 Å². The predicted molar refractivity (Wildman–Crippen MR) is 143 cm³/mol. The highest BCUT2D eigenvalue weighted by Gasteiger charge is 2.23. The number of ether oxygens (including phenoxy) is 2. The summed E-state index contributed by atoms with van der Waals surface area (Å²) in [6, 6.07) is 11.5. The second kappa shape index (κ2) is 11.6. The highest BCUT2D eigenvalue weighted by atomic mass is 16.5. The second-order valence-electron chi connectivity index (χ2n) is 8.75. The number of carbonyl (C=O) groups excluding carboxylic acids is 2. The zero-order chi connectivity index (χ0) is 27.2. The van der Waals surface area contributed by atoms with E-state index in [0.717, 1.165) is 18.7 Å². The molecule has 38 heavy (non-hydrogen) atoms. The lowest BCUT2D eigenvalue weighted by Gasteiger charge is -2.32. The van der Waals surface area contributed by atoms with Gasteiger partial charge >= 0.3 is 0 Å². The third-order valence-electron chi connectivity index (χ3n) is 6.18. The second-order valence-corrected chi connectivity index (χ2v) is 8.75. The summed E-state index contributed by atoms with van der Waals surface area (Å²) in [4.78, 5) is 37.9. The summed E-state index contributed by atoms with van der Waals surface area (Å²) in [5.74, 6) is 0.302. The van der Waals surface area contributed by atoms with E-state index in [1.165, 1.54) is 18.2 Å². The molecule has 1 fully saturated rings. The molecule has 4 N–H and O–H groups in total. The van der Waals surface area contributed by atoms with Crippen molar-refractivity contribution in [3.63, 3.8) is 0 Å². The number of likely N-dealkylation sites (N-methyl/N-ethyl adjacent to an activating group) is 1. The first-order valence-corrected chi connectivity index (χ1v) is 11.9. The molecule has 198 valence electrons. The van der Waals surface area contributed by atoms with Crippen LogP contribution in [0.4, 0.5) is 5.69 Å². The van der Waals surface area contributed by atoms with Crippen molar-refractivity contribution in [2.45, 2.75) is 0 Å². The third kappa shape index (κ3) is 6.01. The zero-order valence-electron chi connectivity index (χ0n) is 21.5. The molecule has 2 heterocycles. The molecule has 0 saturated carbocycles. The third-order valence-corrected chi connectivity index (χ3v) is 6.18. The van der Waals surface area contributed by atoms with Crippen LogP contribution in [-0.2, 0) is 4.79 Å². The maximum Gasteiger partial charge on any atom is 0.271 e. The Kier molecular flexibility index (Phi) is 8.07. The standard InChI is InChI=1S/C27H30N6O5/c1-32-10-12-33(13-11-32)27(36)19-6-5-18(15-22(19)34)30-26(35)20(28)16-25-29-9-8-21(31-25)17-4-7-23(37-2)24(14-17)38-3/h4-9,14-16,34H,10-13,28H2,1-3H3,(H,30,35)/b20-16-. The number of rotatable bonds is 7. The van der Waals surface area contributed by atoms with Crippen LogP contribution >= 0.6 is 0 Å². The van der Waals surface area contributed by atoms with Crippen LogP contribution in [-0.4, -0.2) is 84.1 Å². The highest BCUT2D eigenvalue weighted by molar-refractivity contribution is 6.06. The number of methoxy groups -OCH3 is 2. The number of aromatic hydroxyl groups is 1. The summed E-state index contributed by atoms with van der Waals surface area (Å²) in [6.45, 7) is 2.72. The summed E-state index contributed by atoms with van der Waals surface area (Å²) < 4.78 is 10.6. The van der Waals surface area contributed by atoms with E-state index in [-0.39, 0.29) is 28.7 Å². The molecule has 4 rings (SSSR count). The maximum atomic E-state index is 12.8. The molecule has 0 spiro atoms. The number of nitrogens with zero attached hydrogens (tertiary/aromatic N) is 4. The molecule has 1 aliphatic heterocycles. The van der Waals surface area contributed by atoms with Crippen LogP contribution in [0, 0.1) is 0 Å². The quantitative estimate of drug-likeness (QED) is 0.401. The van der Waals surface area contributed by atoms with E-state index in [1.807, 2.05) is 13.1 Å². The number of phenolic OH excluding ortho intramolecular Hbond substituents is 1.